The van der Waals surface area contributed by atoms with Gasteiger partial charge in [0.1, 0.15) is 34.0 Å². The number of nitrogens with zero attached hydrogens (tertiary/aromatic N) is 3. The van der Waals surface area contributed by atoms with Gasteiger partial charge < -0.3 is 29.6 Å². The molecule has 7 rings (SSSR count). The average Bonchev–Trinajstić information content (AvgIpc) is 3.72. The molecule has 1 saturated carbocycles. The van der Waals surface area contributed by atoms with Crippen molar-refractivity contribution in [3.05, 3.63) is 92.2 Å². The number of halogens is 3. The Balaban J connectivity index is 1.10. The van der Waals surface area contributed by atoms with Crippen LogP contribution in [0.2, 0.25) is 10.0 Å². The first-order valence-corrected chi connectivity index (χ1v) is 18.0. The molecular formula is C38H40Cl2FN5O6. The second-order valence-electron chi connectivity index (χ2n) is 13.7. The number of aliphatic hydroxyl groups is 1. The first-order chi connectivity index (χ1) is 25.0. The number of carbonyl (C=O) groups is 2. The minimum atomic E-state index is -1.06. The van der Waals surface area contributed by atoms with Crippen molar-refractivity contribution in [2.45, 2.75) is 69.8 Å². The number of hydrogen-bond acceptors (Lipinski definition) is 8. The molecule has 14 heteroatoms. The summed E-state index contributed by atoms with van der Waals surface area (Å²) < 4.78 is 29.1. The molecule has 4 aromatic rings. The number of anilines is 1. The lowest BCUT2D eigenvalue weighted by atomic mass is 9.96. The number of nitrogens with one attached hydrogen (secondary N) is 2. The number of fused-ring (bicyclic) bond motifs is 2. The van der Waals surface area contributed by atoms with Crippen LogP contribution >= 0.6 is 23.2 Å². The lowest BCUT2D eigenvalue weighted by molar-refractivity contribution is -0.140. The second-order valence-corrected chi connectivity index (χ2v) is 14.5. The van der Waals surface area contributed by atoms with E-state index in [1.54, 1.807) is 6.07 Å². The molecule has 0 radical (unpaired) electrons. The summed E-state index contributed by atoms with van der Waals surface area (Å²) in [5, 5.41) is 25.5. The first kappa shape index (κ1) is 36.2. The van der Waals surface area contributed by atoms with Gasteiger partial charge in [-0.1, -0.05) is 53.5 Å². The van der Waals surface area contributed by atoms with Crippen LogP contribution in [0.3, 0.4) is 0 Å². The number of benzene rings is 3. The van der Waals surface area contributed by atoms with E-state index in [-0.39, 0.29) is 53.0 Å². The molecule has 0 bridgehead atoms. The lowest BCUT2D eigenvalue weighted by Crippen LogP contribution is -2.39. The van der Waals surface area contributed by atoms with E-state index in [1.807, 2.05) is 48.9 Å². The third-order valence-electron chi connectivity index (χ3n) is 10.6. The summed E-state index contributed by atoms with van der Waals surface area (Å²) in [5.41, 5.74) is 4.90. The summed E-state index contributed by atoms with van der Waals surface area (Å²) in [5.74, 6) is -1.47. The Morgan fingerprint density at radius 1 is 1.13 bits per heavy atom. The molecule has 11 nitrogen and oxygen atoms in total. The number of ether oxygens (including phenoxy) is 2. The fraction of sp³-hybridized carbons (Fsp3) is 0.395. The third kappa shape index (κ3) is 6.51. The van der Waals surface area contributed by atoms with E-state index in [9.17, 15) is 19.8 Å². The Kier molecular flexibility index (Phi) is 9.96. The fourth-order valence-corrected chi connectivity index (χ4v) is 7.90. The predicted octanol–water partition coefficient (Wildman–Crippen LogP) is 6.31. The number of amides is 1. The van der Waals surface area contributed by atoms with E-state index >= 15 is 4.39 Å². The zero-order chi connectivity index (χ0) is 36.9. The molecule has 1 aliphatic heterocycles. The van der Waals surface area contributed by atoms with Gasteiger partial charge in [-0.25, -0.2) is 9.37 Å². The van der Waals surface area contributed by atoms with Crippen molar-refractivity contribution >= 4 is 40.8 Å². The first-order valence-electron chi connectivity index (χ1n) is 17.3. The molecule has 3 aromatic carbocycles. The summed E-state index contributed by atoms with van der Waals surface area (Å²) in [4.78, 5) is 32.0. The average molecular weight is 753 g/mol. The van der Waals surface area contributed by atoms with E-state index in [0.29, 0.717) is 42.9 Å². The highest BCUT2D eigenvalue weighted by molar-refractivity contribution is 6.36. The van der Waals surface area contributed by atoms with E-state index in [1.165, 1.54) is 13.2 Å². The van der Waals surface area contributed by atoms with Gasteiger partial charge in [0.25, 0.3) is 5.91 Å². The highest BCUT2D eigenvalue weighted by Crippen LogP contribution is 2.46. The maximum absolute atomic E-state index is 15.5. The van der Waals surface area contributed by atoms with Crippen molar-refractivity contribution in [3.63, 3.8) is 0 Å². The number of carbonyl (C=O) groups excluding carboxylic acids is 1. The Morgan fingerprint density at radius 3 is 2.60 bits per heavy atom. The number of aromatic nitrogens is 2. The van der Waals surface area contributed by atoms with Crippen molar-refractivity contribution in [2.75, 3.05) is 25.6 Å². The maximum atomic E-state index is 15.5. The number of aliphatic carboxylic acids is 1. The van der Waals surface area contributed by atoms with Crippen LogP contribution in [-0.2, 0) is 37.8 Å². The highest BCUT2D eigenvalue weighted by atomic mass is 35.5. The van der Waals surface area contributed by atoms with E-state index in [4.69, 9.17) is 32.7 Å². The minimum Gasteiger partial charge on any atom is -0.495 e. The maximum Gasteiger partial charge on any atom is 0.323 e. The number of carboxylic acid groups (broad SMARTS) is 1. The summed E-state index contributed by atoms with van der Waals surface area (Å²) in [6.45, 7) is 3.29. The standard InChI is InChI=1S/C38H40Cl2FN5O6/c1-20(19-47)46-15-12-29-28(18-46)43-35(45(29)2)36(48)44-27-9-5-8-24(32(27)39)21-6-4-7-23-22(21)10-11-30(23)52-31-16-26(41)25(34(51-3)33(31)40)17-42-38(13-14-38)37(49)50/h4-9,16,20,30,42,47H,10-15,17-19H2,1-3H3,(H,44,48)(H,49,50). The Bertz CT molecular complexity index is 2070. The van der Waals surface area contributed by atoms with Crippen LogP contribution in [0, 0.1) is 5.82 Å². The monoisotopic (exact) mass is 751 g/mol. The number of aliphatic hydroxyl groups excluding tert-OH is 1. The molecule has 0 spiro atoms. The van der Waals surface area contributed by atoms with Crippen LogP contribution in [-0.4, -0.2) is 68.4 Å². The number of methoxy groups -OCH3 is 1. The van der Waals surface area contributed by atoms with Crippen molar-refractivity contribution < 1.29 is 33.7 Å². The van der Waals surface area contributed by atoms with Crippen molar-refractivity contribution in [1.82, 2.24) is 19.8 Å². The normalized spacial score (nSPS) is 18.0. The molecule has 3 aliphatic rings. The molecule has 4 N–H and O–H groups in total. The summed E-state index contributed by atoms with van der Waals surface area (Å²) in [6.07, 6.45) is 2.48. The Labute approximate surface area is 310 Å². The van der Waals surface area contributed by atoms with Crippen LogP contribution in [0.5, 0.6) is 11.5 Å². The van der Waals surface area contributed by atoms with Gasteiger partial charge in [0.15, 0.2) is 5.82 Å². The molecular weight excluding hydrogens is 712 g/mol. The van der Waals surface area contributed by atoms with E-state index in [2.05, 4.69) is 20.5 Å². The van der Waals surface area contributed by atoms with Crippen LogP contribution in [0.4, 0.5) is 10.1 Å². The van der Waals surface area contributed by atoms with E-state index < -0.39 is 23.4 Å². The van der Waals surface area contributed by atoms with Crippen LogP contribution in [0.25, 0.3) is 11.1 Å². The van der Waals surface area contributed by atoms with Crippen molar-refractivity contribution in [2.24, 2.45) is 7.05 Å². The SMILES string of the molecule is COc1c(Cl)c(OC2CCc3c(-c4cccc(NC(=O)c5nc6c(n5C)CCN(C(C)CO)C6)c4Cl)cccc32)cc(F)c1CNC1(C(=O)O)CC1. The topological polar surface area (TPSA) is 138 Å². The molecule has 274 valence electrons. The zero-order valence-corrected chi connectivity index (χ0v) is 30.6. The van der Waals surface area contributed by atoms with Crippen LogP contribution < -0.4 is 20.1 Å². The van der Waals surface area contributed by atoms with Crippen LogP contribution in [0.1, 0.15) is 71.0 Å². The van der Waals surface area contributed by atoms with Gasteiger partial charge in [-0.05, 0) is 55.4 Å². The van der Waals surface area contributed by atoms with Crippen molar-refractivity contribution in [3.8, 4) is 22.6 Å². The van der Waals surface area contributed by atoms with Gasteiger partial charge in [0.2, 0.25) is 0 Å². The van der Waals surface area contributed by atoms with Gasteiger partial charge in [0.05, 0.1) is 30.1 Å². The van der Waals surface area contributed by atoms with Gasteiger partial charge in [-0.15, -0.1) is 0 Å². The number of carboxylic acids is 1. The molecule has 1 aromatic heterocycles. The minimum absolute atomic E-state index is 0.00172. The quantitative estimate of drug-likeness (QED) is 0.131. The largest absolute Gasteiger partial charge is 0.495 e. The van der Waals surface area contributed by atoms with E-state index in [0.717, 1.165) is 46.6 Å². The molecule has 2 atom stereocenters. The molecule has 0 saturated heterocycles. The molecule has 2 heterocycles. The van der Waals surface area contributed by atoms with Gasteiger partial charge in [-0.3, -0.25) is 19.8 Å². The Hall–Kier alpha value is -4.20. The number of imidazole rings is 1. The summed E-state index contributed by atoms with van der Waals surface area (Å²) >= 11 is 13.7. The number of hydrogen-bond donors (Lipinski definition) is 4. The zero-order valence-electron chi connectivity index (χ0n) is 29.1. The van der Waals surface area contributed by atoms with Gasteiger partial charge in [0, 0.05) is 62.0 Å². The third-order valence-corrected chi connectivity index (χ3v) is 11.4. The molecule has 52 heavy (non-hydrogen) atoms. The Morgan fingerprint density at radius 2 is 1.88 bits per heavy atom. The summed E-state index contributed by atoms with van der Waals surface area (Å²) in [7, 11) is 3.22. The fourth-order valence-electron chi connectivity index (χ4n) is 7.33. The highest BCUT2D eigenvalue weighted by Gasteiger charge is 2.50. The summed E-state index contributed by atoms with van der Waals surface area (Å²) in [6, 6.07) is 12.6. The van der Waals surface area contributed by atoms with Crippen LogP contribution in [0.15, 0.2) is 42.5 Å². The lowest BCUT2D eigenvalue weighted by Gasteiger charge is -2.30. The smallest absolute Gasteiger partial charge is 0.323 e. The van der Waals surface area contributed by atoms with Crippen molar-refractivity contribution in [1.29, 1.82) is 0 Å². The number of rotatable bonds is 12. The molecule has 1 amide bonds. The molecule has 1 fully saturated rings. The predicted molar refractivity (Wildman–Crippen MR) is 195 cm³/mol. The van der Waals surface area contributed by atoms with Gasteiger partial charge in [-0.2, -0.15) is 0 Å². The molecule has 2 unspecified atom stereocenters. The molecule has 2 aliphatic carbocycles. The second kappa shape index (κ2) is 14.3. The van der Waals surface area contributed by atoms with Gasteiger partial charge >= 0.3 is 5.97 Å².